The first kappa shape index (κ1) is 31.9. The van der Waals surface area contributed by atoms with Gasteiger partial charge in [0.05, 0.1) is 17.1 Å². The van der Waals surface area contributed by atoms with Gasteiger partial charge in [0.25, 0.3) is 0 Å². The maximum absolute atomic E-state index is 13.3. The monoisotopic (exact) mass is 622 g/mol. The summed E-state index contributed by atoms with van der Waals surface area (Å²) in [6.45, 7) is 12.3. The zero-order chi connectivity index (χ0) is 32.7. The fourth-order valence-electron chi connectivity index (χ4n) is 7.98. The summed E-state index contributed by atoms with van der Waals surface area (Å²) in [7, 11) is 0. The Kier molecular flexibility index (Phi) is 7.44. The van der Waals surface area contributed by atoms with E-state index in [9.17, 15) is 28.8 Å². The third kappa shape index (κ3) is 4.59. The zero-order valence-electron chi connectivity index (χ0n) is 26.1. The third-order valence-electron chi connectivity index (χ3n) is 9.80. The topological polar surface area (TPSA) is 183 Å². The lowest BCUT2D eigenvalue weighted by molar-refractivity contribution is -0.236. The van der Waals surface area contributed by atoms with Gasteiger partial charge in [-0.05, 0) is 32.4 Å². The number of epoxide rings is 2. The van der Waals surface area contributed by atoms with E-state index in [0.29, 0.717) is 0 Å². The van der Waals surface area contributed by atoms with Gasteiger partial charge in [0.15, 0.2) is 35.6 Å². The largest absolute Gasteiger partial charge is 0.462 e. The van der Waals surface area contributed by atoms with Crippen molar-refractivity contribution in [1.82, 2.24) is 0 Å². The van der Waals surface area contributed by atoms with E-state index in [1.807, 2.05) is 0 Å². The maximum atomic E-state index is 13.3. The Morgan fingerprint density at radius 3 is 1.86 bits per heavy atom. The Bertz CT molecular complexity index is 1350. The molecular weight excluding hydrogens is 584 g/mol. The van der Waals surface area contributed by atoms with Crippen LogP contribution in [-0.2, 0) is 66.7 Å². The Labute approximate surface area is 253 Å². The van der Waals surface area contributed by atoms with Crippen LogP contribution in [0.3, 0.4) is 0 Å². The number of esters is 6. The van der Waals surface area contributed by atoms with Crippen LogP contribution in [0.5, 0.6) is 0 Å². The molecule has 12 unspecified atom stereocenters. The molecule has 3 heterocycles. The molecule has 0 aromatic heterocycles. The van der Waals surface area contributed by atoms with Gasteiger partial charge in [-0.2, -0.15) is 0 Å². The molecule has 4 fully saturated rings. The molecule has 2 aliphatic carbocycles. The standard InChI is InChI=1S/C30H38O14/c1-12-10-20-30(29(9,44-30)26(36)42-20)25(41-17(6)35)23-27(7,18(37-13(2)31)11-19-28(23,8)43-19)24(40-16(5)34)22(39-15(4)33)21(12)38-14(3)32/h10,18-25H,11H2,1-9H3. The summed E-state index contributed by atoms with van der Waals surface area (Å²) >= 11 is 0. The number of carbonyl (C=O) groups excluding carboxylic acids is 6. The third-order valence-corrected chi connectivity index (χ3v) is 9.80. The van der Waals surface area contributed by atoms with Crippen molar-refractivity contribution in [2.24, 2.45) is 11.3 Å². The Morgan fingerprint density at radius 1 is 0.795 bits per heavy atom. The van der Waals surface area contributed by atoms with E-state index >= 15 is 0 Å². The summed E-state index contributed by atoms with van der Waals surface area (Å²) in [6, 6.07) is 0. The van der Waals surface area contributed by atoms with Gasteiger partial charge in [0, 0.05) is 47.0 Å². The fourth-order valence-corrected chi connectivity index (χ4v) is 7.98. The molecule has 242 valence electrons. The van der Waals surface area contributed by atoms with Gasteiger partial charge in [0.2, 0.25) is 0 Å². The van der Waals surface area contributed by atoms with E-state index in [1.54, 1.807) is 20.8 Å². The molecule has 3 aliphatic heterocycles. The lowest BCUT2D eigenvalue weighted by Crippen LogP contribution is -2.69. The van der Waals surface area contributed by atoms with Gasteiger partial charge >= 0.3 is 35.8 Å². The minimum atomic E-state index is -1.60. The molecule has 5 rings (SSSR count). The molecule has 1 saturated carbocycles. The number of hydrogen-bond donors (Lipinski definition) is 0. The quantitative estimate of drug-likeness (QED) is 0.185. The summed E-state index contributed by atoms with van der Waals surface area (Å²) in [4.78, 5) is 76.6. The first-order valence-corrected chi connectivity index (χ1v) is 14.5. The van der Waals surface area contributed by atoms with Crippen LogP contribution in [0.25, 0.3) is 0 Å². The molecule has 0 aromatic carbocycles. The predicted molar refractivity (Wildman–Crippen MR) is 143 cm³/mol. The van der Waals surface area contributed by atoms with Crippen molar-refractivity contribution >= 4 is 35.8 Å². The highest BCUT2D eigenvalue weighted by atomic mass is 16.7. The van der Waals surface area contributed by atoms with Crippen LogP contribution >= 0.6 is 0 Å². The van der Waals surface area contributed by atoms with E-state index in [4.69, 9.17) is 37.9 Å². The average Bonchev–Trinajstić information content (AvgIpc) is 3.72. The highest BCUT2D eigenvalue weighted by molar-refractivity contribution is 5.89. The van der Waals surface area contributed by atoms with Crippen LogP contribution in [0.2, 0.25) is 0 Å². The minimum absolute atomic E-state index is 0.136. The van der Waals surface area contributed by atoms with Crippen LogP contribution < -0.4 is 0 Å². The van der Waals surface area contributed by atoms with E-state index in [2.05, 4.69) is 0 Å². The van der Waals surface area contributed by atoms with Gasteiger partial charge in [-0.15, -0.1) is 0 Å². The molecule has 5 aliphatic rings. The smallest absolute Gasteiger partial charge is 0.342 e. The number of fused-ring (bicyclic) bond motifs is 3. The molecule has 3 saturated heterocycles. The highest BCUT2D eigenvalue weighted by Crippen LogP contribution is 2.69. The Hall–Kier alpha value is -3.52. The summed E-state index contributed by atoms with van der Waals surface area (Å²) in [5, 5.41) is 0. The molecule has 0 aromatic rings. The highest BCUT2D eigenvalue weighted by Gasteiger charge is 2.90. The Balaban J connectivity index is 1.88. The normalized spacial score (nSPS) is 44.9. The lowest BCUT2D eigenvalue weighted by atomic mass is 9.53. The van der Waals surface area contributed by atoms with Crippen LogP contribution in [0.4, 0.5) is 0 Å². The second-order valence-corrected chi connectivity index (χ2v) is 12.8. The van der Waals surface area contributed by atoms with Crippen LogP contribution in [-0.4, -0.2) is 95.3 Å². The van der Waals surface area contributed by atoms with Crippen molar-refractivity contribution in [1.29, 1.82) is 0 Å². The molecular formula is C30H38O14. The molecule has 0 radical (unpaired) electrons. The number of ether oxygens (including phenoxy) is 8. The Morgan fingerprint density at radius 2 is 1.34 bits per heavy atom. The average molecular weight is 623 g/mol. The van der Waals surface area contributed by atoms with Gasteiger partial charge < -0.3 is 37.9 Å². The van der Waals surface area contributed by atoms with Crippen LogP contribution in [0, 0.1) is 11.3 Å². The van der Waals surface area contributed by atoms with Crippen molar-refractivity contribution in [2.75, 3.05) is 0 Å². The number of carbonyl (C=O) groups is 6. The van der Waals surface area contributed by atoms with Gasteiger partial charge in [-0.25, -0.2) is 4.79 Å². The SMILES string of the molecule is CC(=O)OC1C(C)=CC2OC(=O)C3(C)OC23C(OC(C)=O)C2C3(C)OC3CC(OC(C)=O)C2(C)C(OC(C)=O)C1OC(C)=O. The van der Waals surface area contributed by atoms with Crippen molar-refractivity contribution in [2.45, 2.75) is 128 Å². The molecule has 1 spiro atoms. The number of hydrogen-bond acceptors (Lipinski definition) is 14. The van der Waals surface area contributed by atoms with E-state index in [1.165, 1.54) is 26.8 Å². The van der Waals surface area contributed by atoms with E-state index < -0.39 is 107 Å². The van der Waals surface area contributed by atoms with Crippen LogP contribution in [0.1, 0.15) is 68.7 Å². The predicted octanol–water partition coefficient (Wildman–Crippen LogP) is 1.24. The van der Waals surface area contributed by atoms with Crippen molar-refractivity contribution in [3.63, 3.8) is 0 Å². The van der Waals surface area contributed by atoms with Gasteiger partial charge in [0.1, 0.15) is 12.2 Å². The van der Waals surface area contributed by atoms with Crippen molar-refractivity contribution in [3.05, 3.63) is 11.6 Å². The van der Waals surface area contributed by atoms with Gasteiger partial charge in [-0.1, -0.05) is 6.92 Å². The fraction of sp³-hybridized carbons (Fsp3) is 0.733. The number of rotatable bonds is 5. The summed E-state index contributed by atoms with van der Waals surface area (Å²) in [6.07, 6.45) is -6.77. The van der Waals surface area contributed by atoms with Crippen molar-refractivity contribution in [3.8, 4) is 0 Å². The van der Waals surface area contributed by atoms with Gasteiger partial charge in [-0.3, -0.25) is 24.0 Å². The van der Waals surface area contributed by atoms with Crippen molar-refractivity contribution < 1.29 is 66.7 Å². The first-order valence-electron chi connectivity index (χ1n) is 14.5. The first-order chi connectivity index (χ1) is 20.3. The second kappa shape index (κ2) is 10.3. The molecule has 0 bridgehead atoms. The molecule has 44 heavy (non-hydrogen) atoms. The summed E-state index contributed by atoms with van der Waals surface area (Å²) in [5.74, 6) is -5.46. The molecule has 0 N–H and O–H groups in total. The summed E-state index contributed by atoms with van der Waals surface area (Å²) in [5.41, 5.74) is -5.59. The zero-order valence-corrected chi connectivity index (χ0v) is 26.1. The minimum Gasteiger partial charge on any atom is -0.462 e. The van der Waals surface area contributed by atoms with E-state index in [0.717, 1.165) is 20.8 Å². The molecule has 14 nitrogen and oxygen atoms in total. The van der Waals surface area contributed by atoms with Crippen LogP contribution in [0.15, 0.2) is 11.6 Å². The molecule has 0 amide bonds. The maximum Gasteiger partial charge on any atom is 0.342 e. The lowest BCUT2D eigenvalue weighted by Gasteiger charge is -2.55. The summed E-state index contributed by atoms with van der Waals surface area (Å²) < 4.78 is 47.7. The van der Waals surface area contributed by atoms with E-state index in [-0.39, 0.29) is 12.0 Å². The molecule has 12 atom stereocenters. The second-order valence-electron chi connectivity index (χ2n) is 12.8. The molecule has 14 heteroatoms.